The number of aliphatic hydroxyl groups excluding tert-OH is 1. The maximum absolute atomic E-state index is 12.1. The molecule has 0 aliphatic rings. The van der Waals surface area contributed by atoms with Gasteiger partial charge in [0.2, 0.25) is 0 Å². The largest absolute Gasteiger partial charge is 0.497 e. The van der Waals surface area contributed by atoms with Gasteiger partial charge in [-0.1, -0.05) is 11.6 Å². The highest BCUT2D eigenvalue weighted by Gasteiger charge is 2.11. The van der Waals surface area contributed by atoms with Gasteiger partial charge in [0.25, 0.3) is 5.91 Å². The number of rotatable bonds is 7. The van der Waals surface area contributed by atoms with Crippen molar-refractivity contribution in [3.05, 3.63) is 65.4 Å². The molecule has 2 aromatic carbocycles. The Morgan fingerprint density at radius 3 is 2.52 bits per heavy atom. The molecule has 6 nitrogen and oxygen atoms in total. The molecule has 0 aliphatic carbocycles. The van der Waals surface area contributed by atoms with Crippen LogP contribution in [-0.2, 0) is 11.4 Å². The molecule has 3 aromatic rings. The lowest BCUT2D eigenvalue weighted by Crippen LogP contribution is -2.20. The van der Waals surface area contributed by atoms with Gasteiger partial charge in [-0.3, -0.25) is 4.79 Å². The van der Waals surface area contributed by atoms with Crippen LogP contribution >= 0.6 is 11.6 Å². The molecule has 0 atom stereocenters. The lowest BCUT2D eigenvalue weighted by atomic mass is 10.1. The molecule has 0 radical (unpaired) electrons. The number of aliphatic hydroxyl groups is 1. The molecule has 0 unspecified atom stereocenters. The lowest BCUT2D eigenvalue weighted by molar-refractivity contribution is -0.118. The zero-order chi connectivity index (χ0) is 19.2. The van der Waals surface area contributed by atoms with E-state index < -0.39 is 0 Å². The van der Waals surface area contributed by atoms with E-state index in [4.69, 9.17) is 30.6 Å². The van der Waals surface area contributed by atoms with Crippen LogP contribution in [0.5, 0.6) is 11.5 Å². The molecule has 0 saturated heterocycles. The summed E-state index contributed by atoms with van der Waals surface area (Å²) in [4.78, 5) is 12.1. The van der Waals surface area contributed by atoms with E-state index in [9.17, 15) is 4.79 Å². The lowest BCUT2D eigenvalue weighted by Gasteiger charge is -2.10. The van der Waals surface area contributed by atoms with Crippen molar-refractivity contribution in [2.24, 2.45) is 0 Å². The molecule has 27 heavy (non-hydrogen) atoms. The van der Waals surface area contributed by atoms with E-state index in [1.165, 1.54) is 0 Å². The number of carbonyl (C=O) groups excluding carboxylic acids is 1. The summed E-state index contributed by atoms with van der Waals surface area (Å²) >= 11 is 6.22. The summed E-state index contributed by atoms with van der Waals surface area (Å²) in [6.07, 6.45) is 0. The monoisotopic (exact) mass is 387 g/mol. The minimum Gasteiger partial charge on any atom is -0.497 e. The van der Waals surface area contributed by atoms with Crippen molar-refractivity contribution in [1.82, 2.24) is 0 Å². The quantitative estimate of drug-likeness (QED) is 0.637. The number of benzene rings is 2. The highest BCUT2D eigenvalue weighted by molar-refractivity contribution is 6.33. The number of hydrogen-bond acceptors (Lipinski definition) is 5. The predicted octanol–water partition coefficient (Wildman–Crippen LogP) is 4.12. The smallest absolute Gasteiger partial charge is 0.262 e. The zero-order valence-corrected chi connectivity index (χ0v) is 15.3. The van der Waals surface area contributed by atoms with E-state index in [1.807, 2.05) is 0 Å². The molecule has 2 N–H and O–H groups in total. The van der Waals surface area contributed by atoms with E-state index in [2.05, 4.69) is 5.32 Å². The number of hydrogen-bond donors (Lipinski definition) is 2. The van der Waals surface area contributed by atoms with Crippen LogP contribution in [0, 0.1) is 0 Å². The van der Waals surface area contributed by atoms with E-state index >= 15 is 0 Å². The summed E-state index contributed by atoms with van der Waals surface area (Å²) in [6, 6.07) is 15.4. The molecule has 0 spiro atoms. The van der Waals surface area contributed by atoms with Gasteiger partial charge in [-0.15, -0.1) is 0 Å². The van der Waals surface area contributed by atoms with Crippen molar-refractivity contribution in [3.8, 4) is 22.8 Å². The van der Waals surface area contributed by atoms with E-state index in [0.29, 0.717) is 39.3 Å². The second-order valence-electron chi connectivity index (χ2n) is 5.63. The van der Waals surface area contributed by atoms with Crippen molar-refractivity contribution in [2.75, 3.05) is 19.0 Å². The van der Waals surface area contributed by atoms with Gasteiger partial charge in [0.15, 0.2) is 6.61 Å². The first kappa shape index (κ1) is 18.8. The second-order valence-corrected chi connectivity index (χ2v) is 6.04. The highest BCUT2D eigenvalue weighted by Crippen LogP contribution is 2.32. The Kier molecular flexibility index (Phi) is 6.01. The molecule has 1 amide bonds. The summed E-state index contributed by atoms with van der Waals surface area (Å²) in [6.45, 7) is -0.337. The Hall–Kier alpha value is -2.96. The van der Waals surface area contributed by atoms with Gasteiger partial charge in [-0.25, -0.2) is 0 Å². The number of anilines is 1. The molecular weight excluding hydrogens is 370 g/mol. The van der Waals surface area contributed by atoms with E-state index in [-0.39, 0.29) is 19.1 Å². The first-order valence-corrected chi connectivity index (χ1v) is 8.53. The third kappa shape index (κ3) is 4.81. The summed E-state index contributed by atoms with van der Waals surface area (Å²) in [5.41, 5.74) is 1.17. The fourth-order valence-corrected chi connectivity index (χ4v) is 2.63. The number of ether oxygens (including phenoxy) is 2. The molecule has 140 valence electrons. The highest BCUT2D eigenvalue weighted by atomic mass is 35.5. The van der Waals surface area contributed by atoms with Gasteiger partial charge in [-0.2, -0.15) is 0 Å². The van der Waals surface area contributed by atoms with Crippen LogP contribution in [0.3, 0.4) is 0 Å². The fraction of sp³-hybridized carbons (Fsp3) is 0.150. The Balaban J connectivity index is 1.64. The number of carbonyl (C=O) groups is 1. The summed E-state index contributed by atoms with van der Waals surface area (Å²) in [7, 11) is 1.58. The van der Waals surface area contributed by atoms with Crippen molar-refractivity contribution in [1.29, 1.82) is 0 Å². The first-order chi connectivity index (χ1) is 13.1. The molecule has 1 heterocycles. The van der Waals surface area contributed by atoms with Crippen LogP contribution in [0.25, 0.3) is 11.3 Å². The van der Waals surface area contributed by atoms with Gasteiger partial charge in [0.1, 0.15) is 29.6 Å². The van der Waals surface area contributed by atoms with Crippen LogP contribution in [-0.4, -0.2) is 24.7 Å². The van der Waals surface area contributed by atoms with Crippen LogP contribution in [0.1, 0.15) is 5.76 Å². The molecular formula is C20H18ClNO5. The average molecular weight is 388 g/mol. The van der Waals surface area contributed by atoms with Crippen molar-refractivity contribution < 1.29 is 23.8 Å². The Labute approximate surface area is 161 Å². The molecule has 0 aliphatic heterocycles. The average Bonchev–Trinajstić information content (AvgIpc) is 3.17. The minimum atomic E-state index is -0.311. The van der Waals surface area contributed by atoms with Gasteiger partial charge in [-0.05, 0) is 54.6 Å². The first-order valence-electron chi connectivity index (χ1n) is 8.15. The van der Waals surface area contributed by atoms with Gasteiger partial charge >= 0.3 is 0 Å². The van der Waals surface area contributed by atoms with E-state index in [0.717, 1.165) is 0 Å². The fourth-order valence-electron chi connectivity index (χ4n) is 2.42. The van der Waals surface area contributed by atoms with Crippen molar-refractivity contribution >= 4 is 23.2 Å². The normalized spacial score (nSPS) is 10.5. The second kappa shape index (κ2) is 8.62. The number of halogens is 1. The zero-order valence-electron chi connectivity index (χ0n) is 14.6. The van der Waals surface area contributed by atoms with Crippen LogP contribution in [0.2, 0.25) is 5.02 Å². The standard InChI is InChI=1S/C20H18ClNO5/c1-25-14-3-5-15(6-4-14)26-12-20(24)22-13-2-8-18(21)17(10-13)19-9-7-16(11-23)27-19/h2-10,23H,11-12H2,1H3,(H,22,24). The molecule has 0 fully saturated rings. The summed E-state index contributed by atoms with van der Waals surface area (Å²) in [5, 5.41) is 12.3. The van der Waals surface area contributed by atoms with Crippen LogP contribution < -0.4 is 14.8 Å². The van der Waals surface area contributed by atoms with Crippen LogP contribution in [0.15, 0.2) is 59.0 Å². The Bertz CT molecular complexity index is 920. The van der Waals surface area contributed by atoms with Gasteiger partial charge < -0.3 is 24.3 Å². The Morgan fingerprint density at radius 2 is 1.85 bits per heavy atom. The number of methoxy groups -OCH3 is 1. The number of furan rings is 1. The SMILES string of the molecule is COc1ccc(OCC(=O)Nc2ccc(Cl)c(-c3ccc(CO)o3)c2)cc1. The molecule has 7 heteroatoms. The third-order valence-corrected chi connectivity index (χ3v) is 4.09. The molecule has 1 aromatic heterocycles. The predicted molar refractivity (Wildman–Crippen MR) is 102 cm³/mol. The maximum atomic E-state index is 12.1. The molecule has 3 rings (SSSR count). The van der Waals surface area contributed by atoms with Gasteiger partial charge in [0.05, 0.1) is 12.1 Å². The topological polar surface area (TPSA) is 80.9 Å². The number of nitrogens with one attached hydrogen (secondary N) is 1. The van der Waals surface area contributed by atoms with Crippen molar-refractivity contribution in [2.45, 2.75) is 6.61 Å². The number of amides is 1. The Morgan fingerprint density at radius 1 is 1.11 bits per heavy atom. The third-order valence-electron chi connectivity index (χ3n) is 3.76. The van der Waals surface area contributed by atoms with Crippen LogP contribution in [0.4, 0.5) is 5.69 Å². The summed E-state index contributed by atoms with van der Waals surface area (Å²) in [5.74, 6) is 1.91. The van der Waals surface area contributed by atoms with E-state index in [1.54, 1.807) is 61.7 Å². The molecule has 0 saturated carbocycles. The van der Waals surface area contributed by atoms with Gasteiger partial charge in [0, 0.05) is 11.3 Å². The van der Waals surface area contributed by atoms with Crippen molar-refractivity contribution in [3.63, 3.8) is 0 Å². The maximum Gasteiger partial charge on any atom is 0.262 e. The minimum absolute atomic E-state index is 0.139. The molecule has 0 bridgehead atoms. The summed E-state index contributed by atoms with van der Waals surface area (Å²) < 4.78 is 16.0.